The van der Waals surface area contributed by atoms with Crippen LogP contribution in [0, 0.1) is 0 Å². The molecule has 0 saturated carbocycles. The summed E-state index contributed by atoms with van der Waals surface area (Å²) in [6.45, 7) is 3.66. The molecule has 0 aliphatic carbocycles. The van der Waals surface area contributed by atoms with Gasteiger partial charge in [0.1, 0.15) is 12.4 Å². The lowest BCUT2D eigenvalue weighted by Crippen LogP contribution is -2.38. The Hall–Kier alpha value is -2.25. The Labute approximate surface area is 130 Å². The van der Waals surface area contributed by atoms with Crippen molar-refractivity contribution in [3.63, 3.8) is 0 Å². The molecule has 1 aliphatic heterocycles. The highest BCUT2D eigenvalue weighted by atomic mass is 16.5. The molecule has 0 radical (unpaired) electrons. The van der Waals surface area contributed by atoms with Gasteiger partial charge >= 0.3 is 0 Å². The van der Waals surface area contributed by atoms with Crippen LogP contribution in [0.1, 0.15) is 13.3 Å². The van der Waals surface area contributed by atoms with Crippen molar-refractivity contribution in [2.45, 2.75) is 13.3 Å². The van der Waals surface area contributed by atoms with Crippen molar-refractivity contribution < 1.29 is 9.53 Å². The SMILES string of the molecule is CNCCC1=CN(CCOc2cccc(NC(C)=O)c2)NN1. The molecular formula is C15H23N5O2. The molecule has 0 unspecified atom stereocenters. The normalized spacial score (nSPS) is 13.5. The fourth-order valence-electron chi connectivity index (χ4n) is 2.03. The van der Waals surface area contributed by atoms with Crippen LogP contribution >= 0.6 is 0 Å². The van der Waals surface area contributed by atoms with Gasteiger partial charge in [-0.15, -0.1) is 5.53 Å². The molecule has 0 aromatic heterocycles. The first-order valence-corrected chi connectivity index (χ1v) is 7.31. The molecule has 7 nitrogen and oxygen atoms in total. The lowest BCUT2D eigenvalue weighted by molar-refractivity contribution is -0.114. The number of hydrogen-bond donors (Lipinski definition) is 4. The zero-order valence-corrected chi connectivity index (χ0v) is 13.0. The van der Waals surface area contributed by atoms with Crippen LogP contribution in [-0.4, -0.2) is 37.7 Å². The van der Waals surface area contributed by atoms with E-state index in [-0.39, 0.29) is 5.91 Å². The summed E-state index contributed by atoms with van der Waals surface area (Å²) >= 11 is 0. The summed E-state index contributed by atoms with van der Waals surface area (Å²) in [5.74, 6) is 0.640. The standard InChI is InChI=1S/C15H23N5O2/c1-12(21)17-13-4-3-5-15(10-13)22-9-8-20-11-14(18-19-20)6-7-16-2/h3-5,10-11,16,18-19H,6-9H2,1-2H3,(H,17,21). The van der Waals surface area contributed by atoms with Crippen molar-refractivity contribution in [2.75, 3.05) is 32.1 Å². The smallest absolute Gasteiger partial charge is 0.221 e. The molecule has 2 rings (SSSR count). The number of hydrogen-bond acceptors (Lipinski definition) is 6. The van der Waals surface area contributed by atoms with E-state index in [1.165, 1.54) is 6.92 Å². The van der Waals surface area contributed by atoms with Crippen LogP contribution in [0.5, 0.6) is 5.75 Å². The predicted molar refractivity (Wildman–Crippen MR) is 85.8 cm³/mol. The van der Waals surface area contributed by atoms with Crippen LogP contribution < -0.4 is 26.3 Å². The number of amides is 1. The van der Waals surface area contributed by atoms with Gasteiger partial charge in [0.25, 0.3) is 0 Å². The molecule has 7 heteroatoms. The number of benzene rings is 1. The highest BCUT2D eigenvalue weighted by Crippen LogP contribution is 2.17. The van der Waals surface area contributed by atoms with Crippen molar-refractivity contribution in [3.8, 4) is 5.75 Å². The Morgan fingerprint density at radius 1 is 1.41 bits per heavy atom. The molecule has 0 bridgehead atoms. The van der Waals surface area contributed by atoms with Gasteiger partial charge in [-0.2, -0.15) is 0 Å². The third kappa shape index (κ3) is 5.27. The fourth-order valence-corrected chi connectivity index (χ4v) is 2.03. The molecule has 1 heterocycles. The second-order valence-corrected chi connectivity index (χ2v) is 5.00. The van der Waals surface area contributed by atoms with Crippen LogP contribution in [0.3, 0.4) is 0 Å². The zero-order valence-electron chi connectivity index (χ0n) is 13.0. The highest BCUT2D eigenvalue weighted by Gasteiger charge is 2.10. The molecule has 0 atom stereocenters. The Morgan fingerprint density at radius 3 is 3.05 bits per heavy atom. The van der Waals surface area contributed by atoms with E-state index in [2.05, 4.69) is 21.6 Å². The second kappa shape index (κ2) is 8.26. The molecule has 1 aliphatic rings. The van der Waals surface area contributed by atoms with E-state index >= 15 is 0 Å². The van der Waals surface area contributed by atoms with E-state index in [0.717, 1.165) is 30.1 Å². The van der Waals surface area contributed by atoms with Crippen molar-refractivity contribution >= 4 is 11.6 Å². The first kappa shape index (κ1) is 16.1. The maximum atomic E-state index is 11.0. The minimum atomic E-state index is -0.0938. The third-order valence-corrected chi connectivity index (χ3v) is 3.07. The Morgan fingerprint density at radius 2 is 2.27 bits per heavy atom. The van der Waals surface area contributed by atoms with Crippen molar-refractivity contribution in [1.82, 2.24) is 21.3 Å². The third-order valence-electron chi connectivity index (χ3n) is 3.07. The average Bonchev–Trinajstić information content (AvgIpc) is 2.93. The van der Waals surface area contributed by atoms with Crippen LogP contribution in [0.2, 0.25) is 0 Å². The summed E-state index contributed by atoms with van der Waals surface area (Å²) in [6.07, 6.45) is 2.98. The van der Waals surface area contributed by atoms with Gasteiger partial charge in [0.15, 0.2) is 0 Å². The van der Waals surface area contributed by atoms with Gasteiger partial charge < -0.3 is 20.8 Å². The fraction of sp³-hybridized carbons (Fsp3) is 0.400. The maximum absolute atomic E-state index is 11.0. The number of nitrogens with one attached hydrogen (secondary N) is 4. The van der Waals surface area contributed by atoms with E-state index in [9.17, 15) is 4.79 Å². The average molecular weight is 305 g/mol. The molecule has 1 aromatic rings. The van der Waals surface area contributed by atoms with Gasteiger partial charge in [0.2, 0.25) is 5.91 Å². The van der Waals surface area contributed by atoms with Crippen LogP contribution in [0.25, 0.3) is 0 Å². The summed E-state index contributed by atoms with van der Waals surface area (Å²) in [5.41, 5.74) is 8.06. The van der Waals surface area contributed by atoms with Gasteiger partial charge in [-0.1, -0.05) is 6.07 Å². The monoisotopic (exact) mass is 305 g/mol. The Balaban J connectivity index is 1.75. The highest BCUT2D eigenvalue weighted by molar-refractivity contribution is 5.88. The van der Waals surface area contributed by atoms with Crippen LogP contribution in [0.4, 0.5) is 5.69 Å². The summed E-state index contributed by atoms with van der Waals surface area (Å²) in [4.78, 5) is 11.0. The quantitative estimate of drug-likeness (QED) is 0.569. The van der Waals surface area contributed by atoms with Crippen molar-refractivity contribution in [1.29, 1.82) is 0 Å². The zero-order chi connectivity index (χ0) is 15.8. The topological polar surface area (TPSA) is 77.7 Å². The molecule has 1 amide bonds. The van der Waals surface area contributed by atoms with E-state index in [0.29, 0.717) is 13.2 Å². The second-order valence-electron chi connectivity index (χ2n) is 5.00. The van der Waals surface area contributed by atoms with Gasteiger partial charge in [-0.3, -0.25) is 9.80 Å². The van der Waals surface area contributed by atoms with Crippen molar-refractivity contribution in [3.05, 3.63) is 36.2 Å². The first-order chi connectivity index (χ1) is 10.7. The number of rotatable bonds is 8. The van der Waals surface area contributed by atoms with Gasteiger partial charge in [-0.25, -0.2) is 0 Å². The number of ether oxygens (including phenoxy) is 1. The van der Waals surface area contributed by atoms with E-state index in [1.54, 1.807) is 0 Å². The first-order valence-electron chi connectivity index (χ1n) is 7.31. The van der Waals surface area contributed by atoms with Crippen LogP contribution in [0.15, 0.2) is 36.2 Å². The molecular weight excluding hydrogens is 282 g/mol. The van der Waals surface area contributed by atoms with Crippen molar-refractivity contribution in [2.24, 2.45) is 0 Å². The van der Waals surface area contributed by atoms with E-state index in [4.69, 9.17) is 4.74 Å². The number of hydrazine groups is 2. The summed E-state index contributed by atoms with van der Waals surface area (Å²) < 4.78 is 5.70. The van der Waals surface area contributed by atoms with E-state index < -0.39 is 0 Å². The van der Waals surface area contributed by atoms with Gasteiger partial charge in [-0.05, 0) is 19.2 Å². The lowest BCUT2D eigenvalue weighted by Gasteiger charge is -2.15. The number of carbonyl (C=O) groups is 1. The molecule has 4 N–H and O–H groups in total. The summed E-state index contributed by atoms with van der Waals surface area (Å²) in [5, 5.41) is 7.79. The largest absolute Gasteiger partial charge is 0.492 e. The summed E-state index contributed by atoms with van der Waals surface area (Å²) in [6, 6.07) is 7.36. The molecule has 0 spiro atoms. The molecule has 1 aromatic carbocycles. The van der Waals surface area contributed by atoms with Gasteiger partial charge in [0, 0.05) is 43.5 Å². The Bertz CT molecular complexity index is 532. The molecule has 0 saturated heterocycles. The number of nitrogens with zero attached hydrogens (tertiary/aromatic N) is 1. The molecule has 22 heavy (non-hydrogen) atoms. The van der Waals surface area contributed by atoms with Gasteiger partial charge in [0.05, 0.1) is 6.54 Å². The number of carbonyl (C=O) groups excluding carboxylic acids is 1. The minimum absolute atomic E-state index is 0.0938. The van der Waals surface area contributed by atoms with Crippen LogP contribution in [-0.2, 0) is 4.79 Å². The summed E-state index contributed by atoms with van der Waals surface area (Å²) in [7, 11) is 1.93. The maximum Gasteiger partial charge on any atom is 0.221 e. The Kier molecular flexibility index (Phi) is 6.05. The minimum Gasteiger partial charge on any atom is -0.492 e. The predicted octanol–water partition coefficient (Wildman–Crippen LogP) is 0.800. The number of anilines is 1. The lowest BCUT2D eigenvalue weighted by atomic mass is 10.3. The molecule has 120 valence electrons. The van der Waals surface area contributed by atoms with E-state index in [1.807, 2.05) is 42.5 Å². The molecule has 0 fully saturated rings.